The molecule has 0 spiro atoms. The molecule has 4 rings (SSSR count). The molecule has 25 heavy (non-hydrogen) atoms. The summed E-state index contributed by atoms with van der Waals surface area (Å²) in [6.45, 7) is 4.46. The second kappa shape index (κ2) is 6.41. The molecular weight excluding hydrogens is 336 g/mol. The molecule has 136 valence electrons. The summed E-state index contributed by atoms with van der Waals surface area (Å²) in [5.41, 5.74) is 4.04. The third-order valence-electron chi connectivity index (χ3n) is 5.69. The average molecular weight is 362 g/mol. The minimum Gasteiger partial charge on any atom is -0.361 e. The maximum Gasteiger partial charge on any atom is 0.264 e. The molecule has 1 saturated heterocycles. The molecular formula is C19H26N2O3S. The van der Waals surface area contributed by atoms with Gasteiger partial charge in [0.25, 0.3) is 10.1 Å². The minimum atomic E-state index is -3.39. The van der Waals surface area contributed by atoms with Crippen LogP contribution in [0.4, 0.5) is 0 Å². The highest BCUT2D eigenvalue weighted by Crippen LogP contribution is 2.44. The summed E-state index contributed by atoms with van der Waals surface area (Å²) >= 11 is 0. The van der Waals surface area contributed by atoms with Crippen LogP contribution in [0.15, 0.2) is 24.4 Å². The fraction of sp³-hybridized carbons (Fsp3) is 0.579. The second-order valence-corrected chi connectivity index (χ2v) is 9.19. The largest absolute Gasteiger partial charge is 0.361 e. The number of aromatic nitrogens is 1. The number of H-pyrrole nitrogens is 1. The van der Waals surface area contributed by atoms with Crippen molar-refractivity contribution in [3.8, 4) is 0 Å². The van der Waals surface area contributed by atoms with E-state index in [2.05, 4.69) is 41.2 Å². The lowest BCUT2D eigenvalue weighted by Crippen LogP contribution is -2.51. The van der Waals surface area contributed by atoms with E-state index in [1.54, 1.807) is 0 Å². The third-order valence-corrected chi connectivity index (χ3v) is 6.25. The molecule has 6 heteroatoms. The smallest absolute Gasteiger partial charge is 0.264 e. The second-order valence-electron chi connectivity index (χ2n) is 7.55. The number of rotatable bonds is 5. The van der Waals surface area contributed by atoms with Gasteiger partial charge in [-0.2, -0.15) is 8.42 Å². The number of fused-ring (bicyclic) bond motifs is 2. The maximum atomic E-state index is 11.4. The Morgan fingerprint density at radius 2 is 2.20 bits per heavy atom. The van der Waals surface area contributed by atoms with Gasteiger partial charge in [0, 0.05) is 35.6 Å². The lowest BCUT2D eigenvalue weighted by molar-refractivity contribution is 0.0640. The van der Waals surface area contributed by atoms with Crippen LogP contribution >= 0.6 is 0 Å². The molecule has 1 aromatic carbocycles. The summed E-state index contributed by atoms with van der Waals surface area (Å²) in [6, 6.07) is 7.02. The standard InChI is InChI=1S/C19H26N2O3S/c1-3-7-21-11-13(12-24-25(2,22)23)8-16-15-5-4-6-17-19(15)14(10-20-17)9-18(16)21/h4-6,10,13,16,18,20H,3,7-9,11-12H2,1-2H3/t13-,16?,18+/m0/s1. The van der Waals surface area contributed by atoms with Crippen LogP contribution in [0.3, 0.4) is 0 Å². The predicted octanol–water partition coefficient (Wildman–Crippen LogP) is 2.88. The first kappa shape index (κ1) is 17.1. The summed E-state index contributed by atoms with van der Waals surface area (Å²) in [6.07, 6.45) is 6.46. The Bertz CT molecular complexity index is 874. The Morgan fingerprint density at radius 1 is 1.36 bits per heavy atom. The number of piperidine rings is 1. The zero-order valence-electron chi connectivity index (χ0n) is 14.9. The van der Waals surface area contributed by atoms with Crippen molar-refractivity contribution < 1.29 is 12.6 Å². The summed E-state index contributed by atoms with van der Waals surface area (Å²) in [5, 5.41) is 1.38. The van der Waals surface area contributed by atoms with Gasteiger partial charge in [0.15, 0.2) is 0 Å². The van der Waals surface area contributed by atoms with Crippen LogP contribution in [-0.4, -0.2) is 50.3 Å². The number of hydrogen-bond acceptors (Lipinski definition) is 4. The highest BCUT2D eigenvalue weighted by molar-refractivity contribution is 7.85. The lowest BCUT2D eigenvalue weighted by atomic mass is 9.72. The van der Waals surface area contributed by atoms with Gasteiger partial charge < -0.3 is 4.98 Å². The van der Waals surface area contributed by atoms with Crippen LogP contribution in [-0.2, 0) is 20.7 Å². The zero-order valence-corrected chi connectivity index (χ0v) is 15.7. The molecule has 1 aromatic heterocycles. The number of aromatic amines is 1. The quantitative estimate of drug-likeness (QED) is 0.831. The summed E-state index contributed by atoms with van der Waals surface area (Å²) in [5.74, 6) is 0.693. The van der Waals surface area contributed by atoms with Crippen LogP contribution in [0.5, 0.6) is 0 Å². The van der Waals surface area contributed by atoms with Crippen LogP contribution in [0.25, 0.3) is 10.9 Å². The van der Waals surface area contributed by atoms with Crippen molar-refractivity contribution in [3.05, 3.63) is 35.5 Å². The normalized spacial score (nSPS) is 26.7. The minimum absolute atomic E-state index is 0.248. The summed E-state index contributed by atoms with van der Waals surface area (Å²) in [4.78, 5) is 5.97. The van der Waals surface area contributed by atoms with Gasteiger partial charge in [0.2, 0.25) is 0 Å². The van der Waals surface area contributed by atoms with Gasteiger partial charge in [-0.15, -0.1) is 0 Å². The number of benzene rings is 1. The van der Waals surface area contributed by atoms with Gasteiger partial charge >= 0.3 is 0 Å². The first-order valence-corrected chi connectivity index (χ1v) is 10.9. The molecule has 3 atom stereocenters. The van der Waals surface area contributed by atoms with Gasteiger partial charge in [0.05, 0.1) is 12.9 Å². The van der Waals surface area contributed by atoms with Crippen molar-refractivity contribution in [2.75, 3.05) is 26.0 Å². The lowest BCUT2D eigenvalue weighted by Gasteiger charge is -2.47. The van der Waals surface area contributed by atoms with E-state index in [4.69, 9.17) is 4.18 Å². The maximum absolute atomic E-state index is 11.4. The Morgan fingerprint density at radius 3 is 2.96 bits per heavy atom. The first-order chi connectivity index (χ1) is 12.0. The molecule has 0 saturated carbocycles. The van der Waals surface area contributed by atoms with Gasteiger partial charge in [-0.1, -0.05) is 19.1 Å². The summed E-state index contributed by atoms with van der Waals surface area (Å²) < 4.78 is 28.0. The fourth-order valence-electron chi connectivity index (χ4n) is 4.78. The third kappa shape index (κ3) is 3.23. The molecule has 1 aliphatic heterocycles. The van der Waals surface area contributed by atoms with Crippen molar-refractivity contribution in [2.24, 2.45) is 5.92 Å². The van der Waals surface area contributed by atoms with Crippen LogP contribution in [0.1, 0.15) is 36.8 Å². The Balaban J connectivity index is 1.67. The SMILES string of the molecule is CCCN1C[C@@H](COS(C)(=O)=O)CC2c3cccc4[nH]cc(c34)C[C@H]21. The highest BCUT2D eigenvalue weighted by Gasteiger charge is 2.40. The molecule has 2 aromatic rings. The van der Waals surface area contributed by atoms with E-state index in [-0.39, 0.29) is 12.5 Å². The number of nitrogens with zero attached hydrogens (tertiary/aromatic N) is 1. The predicted molar refractivity (Wildman–Crippen MR) is 99.3 cm³/mol. The summed E-state index contributed by atoms with van der Waals surface area (Å²) in [7, 11) is -3.39. The van der Waals surface area contributed by atoms with E-state index in [1.165, 1.54) is 22.0 Å². The van der Waals surface area contributed by atoms with Crippen molar-refractivity contribution >= 4 is 21.0 Å². The van der Waals surface area contributed by atoms with Crippen molar-refractivity contribution in [3.63, 3.8) is 0 Å². The van der Waals surface area contributed by atoms with E-state index >= 15 is 0 Å². The fourth-order valence-corrected chi connectivity index (χ4v) is 5.22. The van der Waals surface area contributed by atoms with E-state index in [9.17, 15) is 8.42 Å². The van der Waals surface area contributed by atoms with E-state index in [0.717, 1.165) is 38.6 Å². The Labute approximate surface area is 149 Å². The van der Waals surface area contributed by atoms with Crippen molar-refractivity contribution in [1.29, 1.82) is 0 Å². The molecule has 1 fully saturated rings. The molecule has 0 bridgehead atoms. The first-order valence-electron chi connectivity index (χ1n) is 9.13. The number of nitrogens with one attached hydrogen (secondary N) is 1. The monoisotopic (exact) mass is 362 g/mol. The van der Waals surface area contributed by atoms with Crippen LogP contribution < -0.4 is 0 Å². The van der Waals surface area contributed by atoms with Gasteiger partial charge in [-0.3, -0.25) is 9.08 Å². The number of likely N-dealkylation sites (tertiary alicyclic amines) is 1. The number of hydrogen-bond donors (Lipinski definition) is 1. The molecule has 1 unspecified atom stereocenters. The molecule has 0 amide bonds. The van der Waals surface area contributed by atoms with Gasteiger partial charge in [0.1, 0.15) is 0 Å². The molecule has 2 heterocycles. The molecule has 2 aliphatic rings. The topological polar surface area (TPSA) is 62.4 Å². The Hall–Kier alpha value is -1.37. The molecule has 0 radical (unpaired) electrons. The van der Waals surface area contributed by atoms with Crippen molar-refractivity contribution in [2.45, 2.75) is 38.1 Å². The van der Waals surface area contributed by atoms with E-state index in [1.807, 2.05) is 0 Å². The van der Waals surface area contributed by atoms with Crippen LogP contribution in [0, 0.1) is 5.92 Å². The van der Waals surface area contributed by atoms with E-state index in [0.29, 0.717) is 12.0 Å². The van der Waals surface area contributed by atoms with Gasteiger partial charge in [-0.05, 0) is 48.9 Å². The zero-order chi connectivity index (χ0) is 17.6. The van der Waals surface area contributed by atoms with Crippen LogP contribution in [0.2, 0.25) is 0 Å². The molecule has 5 nitrogen and oxygen atoms in total. The molecule has 1 aliphatic carbocycles. The van der Waals surface area contributed by atoms with Crippen molar-refractivity contribution in [1.82, 2.24) is 9.88 Å². The molecule has 1 N–H and O–H groups in total. The highest BCUT2D eigenvalue weighted by atomic mass is 32.2. The van der Waals surface area contributed by atoms with Gasteiger partial charge in [-0.25, -0.2) is 0 Å². The Kier molecular flexibility index (Phi) is 4.38. The average Bonchev–Trinajstić information content (AvgIpc) is 2.98. The van der Waals surface area contributed by atoms with E-state index < -0.39 is 10.1 Å².